The zero-order chi connectivity index (χ0) is 29.5. The van der Waals surface area contributed by atoms with Crippen LogP contribution >= 0.6 is 0 Å². The van der Waals surface area contributed by atoms with Gasteiger partial charge in [-0.3, -0.25) is 14.4 Å². The third-order valence-corrected chi connectivity index (χ3v) is 7.42. The largest absolute Gasteiger partial charge is 0.350 e. The quantitative estimate of drug-likeness (QED) is 0.193. The zero-order valence-corrected chi connectivity index (χ0v) is 23.7. The molecular weight excluding hydrogens is 532 g/mol. The van der Waals surface area contributed by atoms with Gasteiger partial charge in [-0.1, -0.05) is 55.5 Å². The summed E-state index contributed by atoms with van der Waals surface area (Å²) >= 11 is 0. The molecule has 5 N–H and O–H groups in total. The van der Waals surface area contributed by atoms with Crippen LogP contribution in [0.4, 0.5) is 0 Å². The maximum atomic E-state index is 12.4. The van der Waals surface area contributed by atoms with Crippen molar-refractivity contribution in [2.75, 3.05) is 19.6 Å². The predicted molar refractivity (Wildman–Crippen MR) is 159 cm³/mol. The molecule has 0 saturated carbocycles. The van der Waals surface area contributed by atoms with Crippen LogP contribution in [0.3, 0.4) is 0 Å². The lowest BCUT2D eigenvalue weighted by Gasteiger charge is -2.29. The number of aromatic nitrogens is 4. The van der Waals surface area contributed by atoms with Crippen molar-refractivity contribution in [2.45, 2.75) is 45.3 Å². The third kappa shape index (κ3) is 6.74. The van der Waals surface area contributed by atoms with Crippen molar-refractivity contribution >= 4 is 18.2 Å². The first kappa shape index (κ1) is 28.7. The zero-order valence-electron chi connectivity index (χ0n) is 23.7. The fraction of sp³-hybridized carbons (Fsp3) is 0.323. The minimum atomic E-state index is -0.413. The standard InChI is InChI=1S/C31H36N8O3/c1-2-13-38(30(41)17-33-20-40)18-28-34-15-26(36-28)23-9-5-21(6-10-23)22-7-11-24(12-8-22)27-16-35-29(37-27)19-39-14-3-4-25(32)31(39)42/h5-12,15-16,20,25H,2-4,13-14,17-19,32H2,1H3,(H,33,40)(H,34,36)(H,35,37)/t25-/m1/s1. The van der Waals surface area contributed by atoms with E-state index in [4.69, 9.17) is 5.73 Å². The fourth-order valence-corrected chi connectivity index (χ4v) is 5.15. The van der Waals surface area contributed by atoms with Crippen LogP contribution in [-0.4, -0.2) is 73.6 Å². The first-order chi connectivity index (χ1) is 20.4. The lowest BCUT2D eigenvalue weighted by Crippen LogP contribution is -2.47. The summed E-state index contributed by atoms with van der Waals surface area (Å²) in [6, 6.07) is 16.1. The van der Waals surface area contributed by atoms with E-state index in [1.165, 1.54) is 0 Å². The molecule has 0 unspecified atom stereocenters. The summed E-state index contributed by atoms with van der Waals surface area (Å²) in [6.07, 6.45) is 6.55. The molecule has 0 bridgehead atoms. The molecular formula is C31H36N8O3. The molecule has 0 aliphatic carbocycles. The number of hydrogen-bond donors (Lipinski definition) is 4. The van der Waals surface area contributed by atoms with Gasteiger partial charge < -0.3 is 30.8 Å². The second kappa shape index (κ2) is 13.3. The monoisotopic (exact) mass is 568 g/mol. The molecule has 1 saturated heterocycles. The Balaban J connectivity index is 1.21. The summed E-state index contributed by atoms with van der Waals surface area (Å²) in [5.74, 6) is 1.27. The number of aromatic amines is 2. The molecule has 0 spiro atoms. The fourth-order valence-electron chi connectivity index (χ4n) is 5.15. The molecule has 4 aromatic rings. The summed E-state index contributed by atoms with van der Waals surface area (Å²) in [7, 11) is 0. The van der Waals surface area contributed by atoms with Gasteiger partial charge in [-0.05, 0) is 41.5 Å². The van der Waals surface area contributed by atoms with Gasteiger partial charge in [0.05, 0.1) is 49.5 Å². The van der Waals surface area contributed by atoms with Crippen molar-refractivity contribution in [3.05, 3.63) is 72.6 Å². The highest BCUT2D eigenvalue weighted by molar-refractivity contribution is 5.82. The van der Waals surface area contributed by atoms with Crippen molar-refractivity contribution in [2.24, 2.45) is 5.73 Å². The molecule has 1 atom stereocenters. The topological polar surface area (TPSA) is 153 Å². The molecule has 3 amide bonds. The molecule has 11 heteroatoms. The van der Waals surface area contributed by atoms with Crippen molar-refractivity contribution < 1.29 is 14.4 Å². The SMILES string of the molecule is CCCN(Cc1ncc(-c2ccc(-c3ccc(-c4cnc(CN5CCC[C@@H](N)C5=O)[nH]4)cc3)cc2)[nH]1)C(=O)CNC=O. The lowest BCUT2D eigenvalue weighted by atomic mass is 10.0. The molecule has 1 aliphatic heterocycles. The van der Waals surface area contributed by atoms with Crippen molar-refractivity contribution in [1.82, 2.24) is 35.1 Å². The van der Waals surface area contributed by atoms with Gasteiger partial charge in [-0.2, -0.15) is 0 Å². The summed E-state index contributed by atoms with van der Waals surface area (Å²) in [4.78, 5) is 54.3. The summed E-state index contributed by atoms with van der Waals surface area (Å²) in [6.45, 7) is 4.04. The van der Waals surface area contributed by atoms with E-state index in [1.54, 1.807) is 22.2 Å². The Morgan fingerprint density at radius 1 is 1.00 bits per heavy atom. The second-order valence-corrected chi connectivity index (χ2v) is 10.5. The molecule has 1 aliphatic rings. The van der Waals surface area contributed by atoms with Crippen molar-refractivity contribution in [3.63, 3.8) is 0 Å². The van der Waals surface area contributed by atoms with E-state index in [0.717, 1.165) is 58.7 Å². The Labute approximate surface area is 244 Å². The molecule has 3 heterocycles. The van der Waals surface area contributed by atoms with E-state index in [2.05, 4.69) is 61.7 Å². The van der Waals surface area contributed by atoms with E-state index < -0.39 is 6.04 Å². The maximum Gasteiger partial charge on any atom is 0.242 e. The first-order valence-corrected chi connectivity index (χ1v) is 14.2. The van der Waals surface area contributed by atoms with Crippen molar-refractivity contribution in [3.8, 4) is 33.6 Å². The number of nitrogens with zero attached hydrogens (tertiary/aromatic N) is 4. The van der Waals surface area contributed by atoms with Crippen molar-refractivity contribution in [1.29, 1.82) is 0 Å². The van der Waals surface area contributed by atoms with Crippen LogP contribution in [-0.2, 0) is 27.5 Å². The van der Waals surface area contributed by atoms with Gasteiger partial charge in [0.1, 0.15) is 11.6 Å². The predicted octanol–water partition coefficient (Wildman–Crippen LogP) is 3.07. The first-order valence-electron chi connectivity index (χ1n) is 14.2. The number of H-pyrrole nitrogens is 2. The number of amides is 3. The van der Waals surface area contributed by atoms with E-state index in [9.17, 15) is 14.4 Å². The van der Waals surface area contributed by atoms with Crippen LogP contribution in [0.25, 0.3) is 33.6 Å². The van der Waals surface area contributed by atoms with Gasteiger partial charge in [0, 0.05) is 13.1 Å². The number of imidazole rings is 2. The number of rotatable bonds is 12. The van der Waals surface area contributed by atoms with Gasteiger partial charge in [0.15, 0.2) is 0 Å². The molecule has 0 radical (unpaired) electrons. The third-order valence-electron chi connectivity index (χ3n) is 7.42. The average molecular weight is 569 g/mol. The van der Waals surface area contributed by atoms with Crippen LogP contribution in [0.1, 0.15) is 37.8 Å². The normalized spacial score (nSPS) is 15.0. The Kier molecular flexibility index (Phi) is 9.08. The van der Waals surface area contributed by atoms with Crippen LogP contribution < -0.4 is 11.1 Å². The Bertz CT molecular complexity index is 1510. The Morgan fingerprint density at radius 3 is 2.17 bits per heavy atom. The van der Waals surface area contributed by atoms with Crippen LogP contribution in [0.2, 0.25) is 0 Å². The van der Waals surface area contributed by atoms with E-state index >= 15 is 0 Å². The number of piperidine rings is 1. The van der Waals surface area contributed by atoms with Crippen LogP contribution in [0, 0.1) is 0 Å². The number of benzene rings is 2. The van der Waals surface area contributed by atoms with Gasteiger partial charge in [-0.25, -0.2) is 9.97 Å². The maximum absolute atomic E-state index is 12.4. The number of carbonyl (C=O) groups is 3. The average Bonchev–Trinajstić information content (AvgIpc) is 3.68. The molecule has 11 nitrogen and oxygen atoms in total. The van der Waals surface area contributed by atoms with Crippen LogP contribution in [0.15, 0.2) is 60.9 Å². The number of likely N-dealkylation sites (tertiary alicyclic amines) is 1. The lowest BCUT2D eigenvalue weighted by molar-refractivity contribution is -0.135. The van der Waals surface area contributed by atoms with E-state index in [-0.39, 0.29) is 18.4 Å². The molecule has 5 rings (SSSR count). The summed E-state index contributed by atoms with van der Waals surface area (Å²) in [5.41, 5.74) is 11.8. The highest BCUT2D eigenvalue weighted by Crippen LogP contribution is 2.27. The molecule has 42 heavy (non-hydrogen) atoms. The van der Waals surface area contributed by atoms with E-state index in [0.29, 0.717) is 38.4 Å². The summed E-state index contributed by atoms with van der Waals surface area (Å²) < 4.78 is 0. The van der Waals surface area contributed by atoms with Gasteiger partial charge in [-0.15, -0.1) is 0 Å². The molecule has 218 valence electrons. The molecule has 1 fully saturated rings. The van der Waals surface area contributed by atoms with Gasteiger partial charge in [0.25, 0.3) is 0 Å². The number of nitrogens with two attached hydrogens (primary N) is 1. The second-order valence-electron chi connectivity index (χ2n) is 10.5. The Morgan fingerprint density at radius 2 is 1.57 bits per heavy atom. The van der Waals surface area contributed by atoms with E-state index in [1.807, 2.05) is 19.1 Å². The number of nitrogens with one attached hydrogen (secondary N) is 3. The highest BCUT2D eigenvalue weighted by atomic mass is 16.2. The van der Waals surface area contributed by atoms with Gasteiger partial charge >= 0.3 is 0 Å². The number of hydrogen-bond acceptors (Lipinski definition) is 6. The highest BCUT2D eigenvalue weighted by Gasteiger charge is 2.26. The number of carbonyl (C=O) groups excluding carboxylic acids is 3. The Hall–Kier alpha value is -4.77. The minimum absolute atomic E-state index is 0.0159. The smallest absolute Gasteiger partial charge is 0.242 e. The van der Waals surface area contributed by atoms with Gasteiger partial charge in [0.2, 0.25) is 18.2 Å². The minimum Gasteiger partial charge on any atom is -0.350 e. The van der Waals surface area contributed by atoms with Crippen LogP contribution in [0.5, 0.6) is 0 Å². The summed E-state index contributed by atoms with van der Waals surface area (Å²) in [5, 5.41) is 2.43. The molecule has 2 aromatic heterocycles. The molecule has 2 aromatic carbocycles.